The molecule has 0 saturated heterocycles. The van der Waals surface area contributed by atoms with Gasteiger partial charge in [-0.3, -0.25) is 5.43 Å². The third-order valence-electron chi connectivity index (χ3n) is 3.22. The van der Waals surface area contributed by atoms with Gasteiger partial charge in [-0.25, -0.2) is 9.89 Å². The molecule has 0 aliphatic heterocycles. The second-order valence-corrected chi connectivity index (χ2v) is 6.07. The number of nitrogens with one attached hydrogen (secondary N) is 2. The predicted octanol–water partition coefficient (Wildman–Crippen LogP) is 1.93. The van der Waals surface area contributed by atoms with Gasteiger partial charge in [0.2, 0.25) is 0 Å². The first-order chi connectivity index (χ1) is 11.3. The Labute approximate surface area is 139 Å². The molecule has 0 fully saturated rings. The molecule has 0 aliphatic carbocycles. The summed E-state index contributed by atoms with van der Waals surface area (Å²) in [6.45, 7) is 5.90. The molecule has 0 spiro atoms. The van der Waals surface area contributed by atoms with E-state index in [1.165, 1.54) is 0 Å². The average molecular weight is 331 g/mol. The fraction of sp³-hybridized carbons (Fsp3) is 0.375. The van der Waals surface area contributed by atoms with E-state index >= 15 is 0 Å². The largest absolute Gasteiger partial charge is 0.497 e. The Balaban J connectivity index is 2.30. The molecule has 0 aliphatic rings. The van der Waals surface area contributed by atoms with Crippen molar-refractivity contribution in [2.75, 3.05) is 19.6 Å². The number of benzene rings is 1. The van der Waals surface area contributed by atoms with E-state index in [9.17, 15) is 4.79 Å². The van der Waals surface area contributed by atoms with Crippen LogP contribution in [0.2, 0.25) is 0 Å². The highest BCUT2D eigenvalue weighted by Crippen LogP contribution is 2.25. The molecule has 128 valence electrons. The molecular weight excluding hydrogens is 310 g/mol. The van der Waals surface area contributed by atoms with Crippen molar-refractivity contribution in [1.29, 1.82) is 0 Å². The van der Waals surface area contributed by atoms with E-state index in [1.54, 1.807) is 38.6 Å². The minimum Gasteiger partial charge on any atom is -0.497 e. The van der Waals surface area contributed by atoms with E-state index in [0.717, 1.165) is 5.56 Å². The van der Waals surface area contributed by atoms with Crippen LogP contribution in [0.5, 0.6) is 11.5 Å². The normalized spacial score (nSPS) is 11.5. The maximum absolute atomic E-state index is 11.4. The first kappa shape index (κ1) is 17.5. The fourth-order valence-corrected chi connectivity index (χ4v) is 2.04. The minimum absolute atomic E-state index is 0.303. The van der Waals surface area contributed by atoms with Gasteiger partial charge in [0.1, 0.15) is 17.2 Å². The molecule has 0 radical (unpaired) electrons. The summed E-state index contributed by atoms with van der Waals surface area (Å²) in [7, 11) is 3.16. The van der Waals surface area contributed by atoms with E-state index < -0.39 is 5.69 Å². The lowest BCUT2D eigenvalue weighted by Crippen LogP contribution is -2.24. The molecule has 24 heavy (non-hydrogen) atoms. The van der Waals surface area contributed by atoms with Crippen LogP contribution in [0.15, 0.2) is 28.1 Å². The van der Waals surface area contributed by atoms with E-state index in [4.69, 9.17) is 9.47 Å². The van der Waals surface area contributed by atoms with Crippen LogP contribution < -0.4 is 20.6 Å². The van der Waals surface area contributed by atoms with Crippen molar-refractivity contribution >= 4 is 12.0 Å². The summed E-state index contributed by atoms with van der Waals surface area (Å²) >= 11 is 0. The number of hydrogen-bond donors (Lipinski definition) is 2. The lowest BCUT2D eigenvalue weighted by Gasteiger charge is -2.18. The van der Waals surface area contributed by atoms with Crippen molar-refractivity contribution in [3.05, 3.63) is 39.9 Å². The SMILES string of the molecule is COc1ccc(OC)c(/C=N/Nc2nc(=O)[nH]nc2C(C)(C)C)c1. The van der Waals surface area contributed by atoms with Crippen LogP contribution in [0, 0.1) is 0 Å². The smallest absolute Gasteiger partial charge is 0.363 e. The minimum atomic E-state index is -0.542. The van der Waals surface area contributed by atoms with Gasteiger partial charge in [-0.2, -0.15) is 15.2 Å². The molecule has 0 saturated carbocycles. The Morgan fingerprint density at radius 3 is 2.62 bits per heavy atom. The highest BCUT2D eigenvalue weighted by Gasteiger charge is 2.21. The summed E-state index contributed by atoms with van der Waals surface area (Å²) in [6, 6.07) is 5.37. The molecular formula is C16H21N5O3. The zero-order valence-electron chi connectivity index (χ0n) is 14.4. The van der Waals surface area contributed by atoms with Gasteiger partial charge in [0.25, 0.3) is 0 Å². The van der Waals surface area contributed by atoms with Crippen molar-refractivity contribution < 1.29 is 9.47 Å². The third-order valence-corrected chi connectivity index (χ3v) is 3.22. The van der Waals surface area contributed by atoms with Crippen LogP contribution in [0.3, 0.4) is 0 Å². The molecule has 0 unspecified atom stereocenters. The molecule has 0 bridgehead atoms. The van der Waals surface area contributed by atoms with Crippen molar-refractivity contribution in [3.63, 3.8) is 0 Å². The van der Waals surface area contributed by atoms with Crippen LogP contribution in [0.1, 0.15) is 32.0 Å². The molecule has 1 aromatic carbocycles. The fourth-order valence-electron chi connectivity index (χ4n) is 2.04. The molecule has 2 rings (SSSR count). The number of aromatic nitrogens is 3. The number of nitrogens with zero attached hydrogens (tertiary/aromatic N) is 3. The number of aromatic amines is 1. The quantitative estimate of drug-likeness (QED) is 0.641. The molecule has 1 aromatic heterocycles. The van der Waals surface area contributed by atoms with Gasteiger partial charge in [-0.1, -0.05) is 20.8 Å². The molecule has 8 heteroatoms. The van der Waals surface area contributed by atoms with Crippen molar-refractivity contribution in [2.45, 2.75) is 26.2 Å². The topological polar surface area (TPSA) is 101 Å². The second-order valence-electron chi connectivity index (χ2n) is 6.07. The van der Waals surface area contributed by atoms with Gasteiger partial charge >= 0.3 is 5.69 Å². The van der Waals surface area contributed by atoms with Gasteiger partial charge in [0.15, 0.2) is 5.82 Å². The Morgan fingerprint density at radius 1 is 1.25 bits per heavy atom. The van der Waals surface area contributed by atoms with Crippen molar-refractivity contribution in [1.82, 2.24) is 15.2 Å². The molecule has 2 aromatic rings. The summed E-state index contributed by atoms with van der Waals surface area (Å²) in [5, 5.41) is 10.5. The first-order valence-electron chi connectivity index (χ1n) is 7.33. The Kier molecular flexibility index (Phi) is 5.18. The van der Waals surface area contributed by atoms with Crippen molar-refractivity contribution in [3.8, 4) is 11.5 Å². The van der Waals surface area contributed by atoms with Gasteiger partial charge in [0.05, 0.1) is 20.4 Å². The maximum Gasteiger partial charge on any atom is 0.363 e. The Hall–Kier alpha value is -2.90. The number of hydrogen-bond acceptors (Lipinski definition) is 7. The van der Waals surface area contributed by atoms with Crippen LogP contribution in [-0.2, 0) is 5.41 Å². The molecule has 0 atom stereocenters. The summed E-state index contributed by atoms with van der Waals surface area (Å²) in [5.74, 6) is 1.64. The van der Waals surface area contributed by atoms with Crippen LogP contribution in [0.4, 0.5) is 5.82 Å². The lowest BCUT2D eigenvalue weighted by atomic mass is 9.92. The van der Waals surface area contributed by atoms with E-state index in [1.807, 2.05) is 20.8 Å². The standard InChI is InChI=1S/C16H21N5O3/c1-16(2,3)13-14(18-15(22)21-19-13)20-17-9-10-8-11(23-4)6-7-12(10)24-5/h6-9H,1-5H3,(H2,18,20,21,22)/b17-9+. The maximum atomic E-state index is 11.4. The molecule has 1 heterocycles. The lowest BCUT2D eigenvalue weighted by molar-refractivity contribution is 0.402. The van der Waals surface area contributed by atoms with E-state index in [0.29, 0.717) is 23.0 Å². The highest BCUT2D eigenvalue weighted by molar-refractivity contribution is 5.84. The number of hydrazone groups is 1. The summed E-state index contributed by atoms with van der Waals surface area (Å²) in [4.78, 5) is 15.3. The summed E-state index contributed by atoms with van der Waals surface area (Å²) < 4.78 is 10.5. The van der Waals surface area contributed by atoms with E-state index in [2.05, 4.69) is 25.7 Å². The van der Waals surface area contributed by atoms with Crippen LogP contribution in [0.25, 0.3) is 0 Å². The highest BCUT2D eigenvalue weighted by atomic mass is 16.5. The molecule has 0 amide bonds. The number of anilines is 1. The Morgan fingerprint density at radius 2 is 2.00 bits per heavy atom. The zero-order chi connectivity index (χ0) is 17.7. The molecule has 2 N–H and O–H groups in total. The first-order valence-corrected chi connectivity index (χ1v) is 7.33. The van der Waals surface area contributed by atoms with Crippen LogP contribution >= 0.6 is 0 Å². The third kappa shape index (κ3) is 4.09. The summed E-state index contributed by atoms with van der Waals surface area (Å²) in [5.41, 5.74) is 3.26. The summed E-state index contributed by atoms with van der Waals surface area (Å²) in [6.07, 6.45) is 1.57. The van der Waals surface area contributed by atoms with E-state index in [-0.39, 0.29) is 5.41 Å². The predicted molar refractivity (Wildman–Crippen MR) is 92.1 cm³/mol. The zero-order valence-corrected chi connectivity index (χ0v) is 14.4. The van der Waals surface area contributed by atoms with Gasteiger partial charge < -0.3 is 9.47 Å². The van der Waals surface area contributed by atoms with Gasteiger partial charge in [-0.15, -0.1) is 0 Å². The van der Waals surface area contributed by atoms with Crippen LogP contribution in [-0.4, -0.2) is 35.6 Å². The van der Waals surface area contributed by atoms with Gasteiger partial charge in [-0.05, 0) is 18.2 Å². The molecule has 8 nitrogen and oxygen atoms in total. The number of rotatable bonds is 5. The second kappa shape index (κ2) is 7.12. The van der Waals surface area contributed by atoms with Crippen molar-refractivity contribution in [2.24, 2.45) is 5.10 Å². The number of ether oxygens (including phenoxy) is 2. The number of H-pyrrole nitrogens is 1. The monoisotopic (exact) mass is 331 g/mol. The average Bonchev–Trinajstić information content (AvgIpc) is 2.53. The number of methoxy groups -OCH3 is 2. The van der Waals surface area contributed by atoms with Gasteiger partial charge in [0, 0.05) is 11.0 Å². The Bertz CT molecular complexity index is 793.